The largest absolute Gasteiger partial charge is 0.309 e. The van der Waals surface area contributed by atoms with Crippen molar-refractivity contribution in [2.45, 2.75) is 13.8 Å². The zero-order valence-electron chi connectivity index (χ0n) is 15.6. The molecule has 0 aliphatic heterocycles. The Kier molecular flexibility index (Phi) is 3.61. The molecule has 0 spiro atoms. The van der Waals surface area contributed by atoms with Gasteiger partial charge in [0.15, 0.2) is 0 Å². The Bertz CT molecular complexity index is 1280. The molecule has 1 heteroatoms. The van der Waals surface area contributed by atoms with E-state index >= 15 is 0 Å². The van der Waals surface area contributed by atoms with Crippen LogP contribution in [0, 0.1) is 13.8 Å². The molecule has 4 aromatic carbocycles. The van der Waals surface area contributed by atoms with Gasteiger partial charge in [0.1, 0.15) is 0 Å². The fraction of sp³-hybridized carbons (Fsp3) is 0.0769. The average Bonchev–Trinajstić information content (AvgIpc) is 3.04. The molecule has 130 valence electrons. The van der Waals surface area contributed by atoms with Crippen LogP contribution in [0.15, 0.2) is 91.0 Å². The molecule has 0 atom stereocenters. The van der Waals surface area contributed by atoms with Gasteiger partial charge in [0, 0.05) is 16.5 Å². The lowest BCUT2D eigenvalue weighted by Gasteiger charge is -2.09. The van der Waals surface area contributed by atoms with Crippen LogP contribution >= 0.6 is 0 Å². The maximum atomic E-state index is 2.36. The highest BCUT2D eigenvalue weighted by Gasteiger charge is 2.12. The number of aromatic nitrogens is 1. The normalized spacial score (nSPS) is 11.3. The Morgan fingerprint density at radius 3 is 2.00 bits per heavy atom. The van der Waals surface area contributed by atoms with Gasteiger partial charge in [-0.1, -0.05) is 60.7 Å². The summed E-state index contributed by atoms with van der Waals surface area (Å²) in [4.78, 5) is 0. The van der Waals surface area contributed by atoms with E-state index in [1.807, 2.05) is 0 Å². The molecule has 5 rings (SSSR count). The Morgan fingerprint density at radius 2 is 1.19 bits per heavy atom. The number of nitrogens with zero attached hydrogens (tertiary/aromatic N) is 1. The molecule has 0 saturated carbocycles. The highest BCUT2D eigenvalue weighted by Crippen LogP contribution is 2.35. The molecule has 0 bridgehead atoms. The van der Waals surface area contributed by atoms with Gasteiger partial charge in [-0.05, 0) is 66.4 Å². The highest BCUT2D eigenvalue weighted by molar-refractivity contribution is 6.10. The first kappa shape index (κ1) is 15.9. The van der Waals surface area contributed by atoms with Crippen LogP contribution < -0.4 is 0 Å². The second-order valence-electron chi connectivity index (χ2n) is 7.22. The first-order valence-corrected chi connectivity index (χ1v) is 9.38. The van der Waals surface area contributed by atoms with Gasteiger partial charge in [0.25, 0.3) is 0 Å². The molecule has 0 aliphatic carbocycles. The van der Waals surface area contributed by atoms with Gasteiger partial charge in [-0.3, -0.25) is 0 Å². The summed E-state index contributed by atoms with van der Waals surface area (Å²) in [6, 6.07) is 32.8. The maximum Gasteiger partial charge on any atom is 0.0541 e. The van der Waals surface area contributed by atoms with Crippen molar-refractivity contribution in [3.05, 3.63) is 102 Å². The fourth-order valence-electron chi connectivity index (χ4n) is 3.93. The summed E-state index contributed by atoms with van der Waals surface area (Å²) in [6.45, 7) is 4.34. The van der Waals surface area contributed by atoms with Gasteiger partial charge in [0.2, 0.25) is 0 Å². The van der Waals surface area contributed by atoms with Crippen molar-refractivity contribution in [2.24, 2.45) is 0 Å². The average molecular weight is 347 g/mol. The minimum Gasteiger partial charge on any atom is -0.309 e. The molecule has 0 amide bonds. The number of hydrogen-bond acceptors (Lipinski definition) is 0. The molecule has 0 saturated heterocycles. The third-order valence-corrected chi connectivity index (χ3v) is 5.53. The summed E-state index contributed by atoms with van der Waals surface area (Å²) in [7, 11) is 0. The minimum absolute atomic E-state index is 1.20. The summed E-state index contributed by atoms with van der Waals surface area (Å²) < 4.78 is 2.36. The van der Waals surface area contributed by atoms with E-state index in [1.54, 1.807) is 0 Å². The van der Waals surface area contributed by atoms with Crippen LogP contribution in [0.5, 0.6) is 0 Å². The van der Waals surface area contributed by atoms with Gasteiger partial charge in [-0.15, -0.1) is 0 Å². The molecule has 0 unspecified atom stereocenters. The molecule has 1 aromatic heterocycles. The molecule has 5 aromatic rings. The molecule has 0 aliphatic rings. The van der Waals surface area contributed by atoms with Crippen LogP contribution in [0.3, 0.4) is 0 Å². The van der Waals surface area contributed by atoms with Crippen molar-refractivity contribution in [1.82, 2.24) is 4.57 Å². The smallest absolute Gasteiger partial charge is 0.0541 e. The Morgan fingerprint density at radius 1 is 0.519 bits per heavy atom. The van der Waals surface area contributed by atoms with E-state index in [0.29, 0.717) is 0 Å². The molecule has 0 fully saturated rings. The molecular weight excluding hydrogens is 326 g/mol. The van der Waals surface area contributed by atoms with Gasteiger partial charge < -0.3 is 4.57 Å². The molecule has 0 N–H and O–H groups in total. The van der Waals surface area contributed by atoms with Gasteiger partial charge >= 0.3 is 0 Å². The van der Waals surface area contributed by atoms with E-state index in [1.165, 1.54) is 49.7 Å². The van der Waals surface area contributed by atoms with Crippen LogP contribution in [0.4, 0.5) is 0 Å². The zero-order valence-corrected chi connectivity index (χ0v) is 15.6. The predicted octanol–water partition coefficient (Wildman–Crippen LogP) is 7.07. The lowest BCUT2D eigenvalue weighted by Crippen LogP contribution is -1.92. The van der Waals surface area contributed by atoms with Crippen molar-refractivity contribution in [3.8, 4) is 16.8 Å². The third-order valence-electron chi connectivity index (χ3n) is 5.53. The van der Waals surface area contributed by atoms with Crippen LogP contribution in [-0.4, -0.2) is 4.57 Å². The maximum absolute atomic E-state index is 2.36. The second-order valence-corrected chi connectivity index (χ2v) is 7.22. The molecular formula is C26H21N. The molecule has 1 nitrogen and oxygen atoms in total. The summed E-state index contributed by atoms with van der Waals surface area (Å²) in [5.41, 5.74) is 8.89. The lowest BCUT2D eigenvalue weighted by molar-refractivity contribution is 1.18. The van der Waals surface area contributed by atoms with Crippen molar-refractivity contribution in [2.75, 3.05) is 0 Å². The standard InChI is InChI=1S/C26H21N/c1-18-12-13-20(16-19(18)2)21-14-15-26-24(17-21)23-10-6-7-11-25(23)27(26)22-8-4-3-5-9-22/h3-17H,1-2H3. The van der Waals surface area contributed by atoms with E-state index in [9.17, 15) is 0 Å². The van der Waals surface area contributed by atoms with Crippen molar-refractivity contribution in [3.63, 3.8) is 0 Å². The minimum atomic E-state index is 1.20. The fourth-order valence-corrected chi connectivity index (χ4v) is 3.93. The van der Waals surface area contributed by atoms with Gasteiger partial charge in [0.05, 0.1) is 11.0 Å². The predicted molar refractivity (Wildman–Crippen MR) is 116 cm³/mol. The number of rotatable bonds is 2. The van der Waals surface area contributed by atoms with Crippen molar-refractivity contribution < 1.29 is 0 Å². The third kappa shape index (κ3) is 2.55. The quantitative estimate of drug-likeness (QED) is 0.322. The zero-order chi connectivity index (χ0) is 18.4. The van der Waals surface area contributed by atoms with Crippen LogP contribution in [0.1, 0.15) is 11.1 Å². The summed E-state index contributed by atoms with van der Waals surface area (Å²) in [5, 5.41) is 2.59. The van der Waals surface area contributed by atoms with Crippen LogP contribution in [0.2, 0.25) is 0 Å². The van der Waals surface area contributed by atoms with E-state index in [2.05, 4.69) is 109 Å². The molecule has 0 radical (unpaired) electrons. The number of fused-ring (bicyclic) bond motifs is 3. The Balaban J connectivity index is 1.81. The first-order chi connectivity index (χ1) is 13.2. The second kappa shape index (κ2) is 6.14. The Hall–Kier alpha value is -3.32. The first-order valence-electron chi connectivity index (χ1n) is 9.38. The van der Waals surface area contributed by atoms with Crippen molar-refractivity contribution in [1.29, 1.82) is 0 Å². The summed E-state index contributed by atoms with van der Waals surface area (Å²) >= 11 is 0. The van der Waals surface area contributed by atoms with E-state index < -0.39 is 0 Å². The highest BCUT2D eigenvalue weighted by atomic mass is 15.0. The van der Waals surface area contributed by atoms with Gasteiger partial charge in [-0.25, -0.2) is 0 Å². The topological polar surface area (TPSA) is 4.93 Å². The Labute approximate surface area is 159 Å². The number of benzene rings is 4. The van der Waals surface area contributed by atoms with E-state index in [0.717, 1.165) is 0 Å². The lowest BCUT2D eigenvalue weighted by atomic mass is 9.99. The SMILES string of the molecule is Cc1ccc(-c2ccc3c(c2)c2ccccc2n3-c2ccccc2)cc1C. The number of aryl methyl sites for hydroxylation is 2. The van der Waals surface area contributed by atoms with Crippen molar-refractivity contribution >= 4 is 21.8 Å². The van der Waals surface area contributed by atoms with E-state index in [-0.39, 0.29) is 0 Å². The van der Waals surface area contributed by atoms with Crippen LogP contribution in [0.25, 0.3) is 38.6 Å². The number of hydrogen-bond donors (Lipinski definition) is 0. The van der Waals surface area contributed by atoms with Crippen LogP contribution in [-0.2, 0) is 0 Å². The summed E-state index contributed by atoms with van der Waals surface area (Å²) in [6.07, 6.45) is 0. The summed E-state index contributed by atoms with van der Waals surface area (Å²) in [5.74, 6) is 0. The monoisotopic (exact) mass is 347 g/mol. The molecule has 27 heavy (non-hydrogen) atoms. The van der Waals surface area contributed by atoms with Gasteiger partial charge in [-0.2, -0.15) is 0 Å². The van der Waals surface area contributed by atoms with E-state index in [4.69, 9.17) is 0 Å². The molecule has 1 heterocycles. The number of para-hydroxylation sites is 2.